The van der Waals surface area contributed by atoms with E-state index < -0.39 is 10.8 Å². The van der Waals surface area contributed by atoms with Crippen LogP contribution in [0.5, 0.6) is 11.5 Å². The van der Waals surface area contributed by atoms with Crippen LogP contribution in [0.25, 0.3) is 6.08 Å². The molecule has 0 atom stereocenters. The summed E-state index contributed by atoms with van der Waals surface area (Å²) in [5.41, 5.74) is 1.34. The maximum absolute atomic E-state index is 12.7. The molecule has 0 bridgehead atoms. The van der Waals surface area contributed by atoms with Crippen LogP contribution in [-0.4, -0.2) is 34.2 Å². The minimum absolute atomic E-state index is 0.0473. The highest BCUT2D eigenvalue weighted by molar-refractivity contribution is 8.18. The van der Waals surface area contributed by atoms with E-state index in [1.54, 1.807) is 30.3 Å². The Morgan fingerprint density at radius 1 is 0.853 bits per heavy atom. The second-order valence-electron chi connectivity index (χ2n) is 7.27. The molecule has 172 valence electrons. The molecule has 3 aromatic carbocycles. The summed E-state index contributed by atoms with van der Waals surface area (Å²) < 4.78 is 11.3. The Morgan fingerprint density at radius 3 is 2.09 bits per heavy atom. The summed E-state index contributed by atoms with van der Waals surface area (Å²) in [6, 6.07) is 22.4. The van der Waals surface area contributed by atoms with Gasteiger partial charge in [-0.2, -0.15) is 0 Å². The lowest BCUT2D eigenvalue weighted by molar-refractivity contribution is -0.384. The van der Waals surface area contributed by atoms with Crippen molar-refractivity contribution in [1.82, 2.24) is 4.90 Å². The van der Waals surface area contributed by atoms with Crippen LogP contribution in [0.1, 0.15) is 11.1 Å². The summed E-state index contributed by atoms with van der Waals surface area (Å²) in [7, 11) is 0. The Balaban J connectivity index is 1.32. The molecule has 0 N–H and O–H groups in total. The van der Waals surface area contributed by atoms with Crippen LogP contribution in [-0.2, 0) is 11.3 Å². The normalized spacial score (nSPS) is 14.5. The number of hydrogen-bond donors (Lipinski definition) is 0. The van der Waals surface area contributed by atoms with Crippen LogP contribution < -0.4 is 9.47 Å². The van der Waals surface area contributed by atoms with E-state index in [2.05, 4.69) is 0 Å². The van der Waals surface area contributed by atoms with E-state index in [9.17, 15) is 19.7 Å². The number of rotatable bonds is 9. The highest BCUT2D eigenvalue weighted by Gasteiger charge is 2.35. The van der Waals surface area contributed by atoms with Crippen molar-refractivity contribution in [2.24, 2.45) is 0 Å². The van der Waals surface area contributed by atoms with Crippen molar-refractivity contribution in [3.63, 3.8) is 0 Å². The fourth-order valence-corrected chi connectivity index (χ4v) is 4.03. The molecule has 1 heterocycles. The fraction of sp³-hybridized carbons (Fsp3) is 0.120. The lowest BCUT2D eigenvalue weighted by atomic mass is 10.2. The molecule has 0 aromatic heterocycles. The number of nitrogens with zero attached hydrogens (tertiary/aromatic N) is 2. The Hall–Kier alpha value is -4.11. The van der Waals surface area contributed by atoms with Gasteiger partial charge in [0.1, 0.15) is 24.7 Å². The second kappa shape index (κ2) is 10.7. The Labute approximate surface area is 199 Å². The number of hydrogen-bond acceptors (Lipinski definition) is 7. The van der Waals surface area contributed by atoms with Crippen LogP contribution >= 0.6 is 11.8 Å². The maximum atomic E-state index is 12.7. The van der Waals surface area contributed by atoms with Crippen LogP contribution in [0.4, 0.5) is 10.5 Å². The zero-order valence-electron chi connectivity index (χ0n) is 18.0. The standard InChI is InChI=1S/C25H20N2O6S/c28-24-23(34-25(29)26(24)17-19-6-10-20(11-7-19)27(30)31)16-18-8-12-22(13-9-18)33-15-14-32-21-4-2-1-3-5-21/h1-13,16H,14-15,17H2/b23-16+. The van der Waals surface area contributed by atoms with E-state index in [-0.39, 0.29) is 17.5 Å². The van der Waals surface area contributed by atoms with Gasteiger partial charge >= 0.3 is 0 Å². The molecule has 2 amide bonds. The minimum atomic E-state index is -0.499. The van der Waals surface area contributed by atoms with Gasteiger partial charge in [0.25, 0.3) is 16.8 Å². The molecule has 3 aromatic rings. The summed E-state index contributed by atoms with van der Waals surface area (Å²) in [6.07, 6.45) is 1.66. The summed E-state index contributed by atoms with van der Waals surface area (Å²) in [4.78, 5) is 36.8. The molecular weight excluding hydrogens is 456 g/mol. The quantitative estimate of drug-likeness (QED) is 0.179. The zero-order chi connectivity index (χ0) is 23.9. The van der Waals surface area contributed by atoms with Gasteiger partial charge in [-0.05, 0) is 53.2 Å². The smallest absolute Gasteiger partial charge is 0.293 e. The fourth-order valence-electron chi connectivity index (χ4n) is 3.19. The first-order valence-corrected chi connectivity index (χ1v) is 11.2. The van der Waals surface area contributed by atoms with Gasteiger partial charge in [-0.15, -0.1) is 0 Å². The molecule has 9 heteroatoms. The number of non-ortho nitro benzene ring substituents is 1. The van der Waals surface area contributed by atoms with Crippen molar-refractivity contribution >= 4 is 34.7 Å². The first kappa shape index (κ1) is 23.1. The lowest BCUT2D eigenvalue weighted by Gasteiger charge is -2.12. The topological polar surface area (TPSA) is 99.0 Å². The molecule has 34 heavy (non-hydrogen) atoms. The van der Waals surface area contributed by atoms with Crippen molar-refractivity contribution in [1.29, 1.82) is 0 Å². The zero-order valence-corrected chi connectivity index (χ0v) is 18.8. The third kappa shape index (κ3) is 5.81. The van der Waals surface area contributed by atoms with E-state index in [0.29, 0.717) is 29.4 Å². The van der Waals surface area contributed by atoms with Crippen molar-refractivity contribution in [2.75, 3.05) is 13.2 Å². The molecule has 8 nitrogen and oxygen atoms in total. The van der Waals surface area contributed by atoms with Crippen molar-refractivity contribution in [2.45, 2.75) is 6.54 Å². The molecular formula is C25H20N2O6S. The van der Waals surface area contributed by atoms with Crippen LogP contribution in [0.3, 0.4) is 0 Å². The van der Waals surface area contributed by atoms with Crippen LogP contribution in [0, 0.1) is 10.1 Å². The van der Waals surface area contributed by atoms with E-state index in [1.807, 2.05) is 30.3 Å². The average molecular weight is 477 g/mol. The van der Waals surface area contributed by atoms with E-state index >= 15 is 0 Å². The first-order chi connectivity index (χ1) is 16.5. The number of carbonyl (C=O) groups is 2. The number of carbonyl (C=O) groups excluding carboxylic acids is 2. The number of para-hydroxylation sites is 1. The lowest BCUT2D eigenvalue weighted by Crippen LogP contribution is -2.27. The summed E-state index contributed by atoms with van der Waals surface area (Å²) in [5.74, 6) is 1.05. The molecule has 0 aliphatic carbocycles. The largest absolute Gasteiger partial charge is 0.490 e. The Bertz CT molecular complexity index is 1210. The number of amides is 2. The van der Waals surface area contributed by atoms with Gasteiger partial charge in [-0.3, -0.25) is 24.6 Å². The Morgan fingerprint density at radius 2 is 1.47 bits per heavy atom. The molecule has 0 unspecified atom stereocenters. The number of nitro groups is 1. The van der Waals surface area contributed by atoms with Crippen LogP contribution in [0.2, 0.25) is 0 Å². The molecule has 1 fully saturated rings. The van der Waals surface area contributed by atoms with Gasteiger partial charge in [0.15, 0.2) is 0 Å². The SMILES string of the molecule is O=C1S/C(=C/c2ccc(OCCOc3ccccc3)cc2)C(=O)N1Cc1ccc([N+](=O)[O-])cc1. The van der Waals surface area contributed by atoms with Crippen LogP contribution in [0.15, 0.2) is 83.8 Å². The van der Waals surface area contributed by atoms with Gasteiger partial charge in [-0.1, -0.05) is 42.5 Å². The molecule has 0 spiro atoms. The molecule has 1 saturated heterocycles. The number of imide groups is 1. The predicted octanol–water partition coefficient (Wildman–Crippen LogP) is 5.29. The molecule has 0 radical (unpaired) electrons. The van der Waals surface area contributed by atoms with Gasteiger partial charge in [0.2, 0.25) is 0 Å². The van der Waals surface area contributed by atoms with Gasteiger partial charge in [-0.25, -0.2) is 0 Å². The van der Waals surface area contributed by atoms with Crippen molar-refractivity contribution in [3.05, 3.63) is 105 Å². The summed E-state index contributed by atoms with van der Waals surface area (Å²) >= 11 is 0.865. The number of ether oxygens (including phenoxy) is 2. The molecule has 4 rings (SSSR count). The average Bonchev–Trinajstić information content (AvgIpc) is 3.11. The monoisotopic (exact) mass is 476 g/mol. The third-order valence-corrected chi connectivity index (χ3v) is 5.81. The number of benzene rings is 3. The van der Waals surface area contributed by atoms with E-state index in [0.717, 1.165) is 28.0 Å². The summed E-state index contributed by atoms with van der Waals surface area (Å²) in [6.45, 7) is 0.848. The van der Waals surface area contributed by atoms with Crippen molar-refractivity contribution < 1.29 is 24.0 Å². The molecule has 1 aliphatic rings. The third-order valence-electron chi connectivity index (χ3n) is 4.90. The second-order valence-corrected chi connectivity index (χ2v) is 8.26. The summed E-state index contributed by atoms with van der Waals surface area (Å²) in [5, 5.41) is 10.4. The van der Waals surface area contributed by atoms with E-state index in [4.69, 9.17) is 9.47 Å². The number of nitro benzene ring substituents is 1. The van der Waals surface area contributed by atoms with E-state index in [1.165, 1.54) is 24.3 Å². The van der Waals surface area contributed by atoms with Gasteiger partial charge in [0.05, 0.1) is 16.4 Å². The molecule has 1 aliphatic heterocycles. The predicted molar refractivity (Wildman–Crippen MR) is 128 cm³/mol. The maximum Gasteiger partial charge on any atom is 0.293 e. The number of thioether (sulfide) groups is 1. The minimum Gasteiger partial charge on any atom is -0.490 e. The highest BCUT2D eigenvalue weighted by Crippen LogP contribution is 2.33. The van der Waals surface area contributed by atoms with Gasteiger partial charge < -0.3 is 9.47 Å². The first-order valence-electron chi connectivity index (χ1n) is 10.4. The highest BCUT2D eigenvalue weighted by atomic mass is 32.2. The molecule has 0 saturated carbocycles. The Kier molecular flexibility index (Phi) is 7.24. The van der Waals surface area contributed by atoms with Crippen molar-refractivity contribution in [3.8, 4) is 11.5 Å². The van der Waals surface area contributed by atoms with Gasteiger partial charge in [0, 0.05) is 12.1 Å².